The Bertz CT molecular complexity index is 1200. The van der Waals surface area contributed by atoms with Gasteiger partial charge in [-0.1, -0.05) is 13.8 Å². The quantitative estimate of drug-likeness (QED) is 0.530. The molecule has 0 saturated carbocycles. The van der Waals surface area contributed by atoms with Crippen LogP contribution in [-0.2, 0) is 0 Å². The van der Waals surface area contributed by atoms with Crippen molar-refractivity contribution in [2.75, 3.05) is 5.32 Å². The van der Waals surface area contributed by atoms with Gasteiger partial charge < -0.3 is 10.3 Å². The van der Waals surface area contributed by atoms with Gasteiger partial charge in [0.25, 0.3) is 5.56 Å². The second kappa shape index (κ2) is 7.79. The normalized spacial score (nSPS) is 12.1. The molecule has 0 fully saturated rings. The van der Waals surface area contributed by atoms with Crippen LogP contribution in [0.25, 0.3) is 22.0 Å². The molecule has 29 heavy (non-hydrogen) atoms. The van der Waals surface area contributed by atoms with E-state index in [1.165, 1.54) is 0 Å². The van der Waals surface area contributed by atoms with Gasteiger partial charge in [0.1, 0.15) is 11.6 Å². The molecule has 4 aromatic rings. The lowest BCUT2D eigenvalue weighted by atomic mass is 10.0. The van der Waals surface area contributed by atoms with Gasteiger partial charge in [0.15, 0.2) is 0 Å². The minimum atomic E-state index is -0.201. The fraction of sp³-hybridized carbons (Fsp3) is 0.227. The summed E-state index contributed by atoms with van der Waals surface area (Å²) in [4.78, 5) is 32.9. The maximum atomic E-state index is 12.5. The summed E-state index contributed by atoms with van der Waals surface area (Å²) in [6.45, 7) is 6.12. The molecule has 0 aliphatic heterocycles. The van der Waals surface area contributed by atoms with Crippen LogP contribution in [0.3, 0.4) is 0 Å². The third kappa shape index (κ3) is 3.85. The van der Waals surface area contributed by atoms with E-state index in [-0.39, 0.29) is 5.56 Å². The molecule has 0 amide bonds. The minimum Gasteiger partial charge on any atom is -0.338 e. The monoisotopic (exact) mass is 386 g/mol. The number of hydrogen-bond acceptors (Lipinski definition) is 6. The van der Waals surface area contributed by atoms with Crippen molar-refractivity contribution in [3.8, 4) is 11.3 Å². The number of aromatic nitrogens is 5. The van der Waals surface area contributed by atoms with Gasteiger partial charge >= 0.3 is 0 Å². The van der Waals surface area contributed by atoms with Crippen molar-refractivity contribution < 1.29 is 0 Å². The molecule has 0 aliphatic carbocycles. The summed E-state index contributed by atoms with van der Waals surface area (Å²) in [5.74, 6) is 1.56. The standard InChI is InChI=1S/C22H22N6O/c1-4-13(2)18-6-5-17(12-26-18)27-21-20-15(7-8-23-22(20)29)9-19(28-21)16-10-24-14(3)25-11-16/h5-13H,4H2,1-3H3,(H,23,29)(H,27,28). The lowest BCUT2D eigenvalue weighted by molar-refractivity contribution is 0.708. The van der Waals surface area contributed by atoms with Gasteiger partial charge in [0.2, 0.25) is 0 Å². The van der Waals surface area contributed by atoms with Gasteiger partial charge in [-0.25, -0.2) is 15.0 Å². The SMILES string of the molecule is CCC(C)c1ccc(Nc2nc(-c3cnc(C)nc3)cc3cc[nH]c(=O)c23)cn1. The zero-order valence-electron chi connectivity index (χ0n) is 16.6. The Labute approximate surface area is 168 Å². The zero-order chi connectivity index (χ0) is 20.4. The third-order valence-corrected chi connectivity index (χ3v) is 5.00. The molecule has 2 N–H and O–H groups in total. The summed E-state index contributed by atoms with van der Waals surface area (Å²) in [5.41, 5.74) is 3.08. The maximum absolute atomic E-state index is 12.5. The predicted molar refractivity (Wildman–Crippen MR) is 114 cm³/mol. The molecule has 4 rings (SSSR count). The molecule has 0 radical (unpaired) electrons. The van der Waals surface area contributed by atoms with Crippen LogP contribution in [0.4, 0.5) is 11.5 Å². The number of nitrogens with one attached hydrogen (secondary N) is 2. The van der Waals surface area contributed by atoms with Crippen LogP contribution in [0.15, 0.2) is 53.8 Å². The summed E-state index contributed by atoms with van der Waals surface area (Å²) in [7, 11) is 0. The van der Waals surface area contributed by atoms with Crippen LogP contribution in [0, 0.1) is 6.92 Å². The highest BCUT2D eigenvalue weighted by Crippen LogP contribution is 2.27. The first kappa shape index (κ1) is 18.7. The lowest BCUT2D eigenvalue weighted by Gasteiger charge is -2.12. The largest absolute Gasteiger partial charge is 0.338 e. The summed E-state index contributed by atoms with van der Waals surface area (Å²) in [6.07, 6.45) is 7.90. The van der Waals surface area contributed by atoms with Gasteiger partial charge in [-0.3, -0.25) is 9.78 Å². The van der Waals surface area contributed by atoms with Crippen LogP contribution in [-0.4, -0.2) is 24.9 Å². The number of aromatic amines is 1. The van der Waals surface area contributed by atoms with Crippen LogP contribution < -0.4 is 10.9 Å². The van der Waals surface area contributed by atoms with Crippen molar-refractivity contribution in [2.24, 2.45) is 0 Å². The van der Waals surface area contributed by atoms with E-state index < -0.39 is 0 Å². The van der Waals surface area contributed by atoms with E-state index in [1.54, 1.807) is 24.8 Å². The number of fused-ring (bicyclic) bond motifs is 1. The van der Waals surface area contributed by atoms with E-state index in [0.29, 0.717) is 28.6 Å². The Hall–Kier alpha value is -3.61. The van der Waals surface area contributed by atoms with E-state index in [9.17, 15) is 4.79 Å². The van der Waals surface area contributed by atoms with E-state index in [1.807, 2.05) is 31.2 Å². The average Bonchev–Trinajstić information content (AvgIpc) is 2.74. The van der Waals surface area contributed by atoms with E-state index in [2.05, 4.69) is 39.1 Å². The summed E-state index contributed by atoms with van der Waals surface area (Å²) in [5, 5.41) is 4.54. The zero-order valence-corrected chi connectivity index (χ0v) is 16.6. The van der Waals surface area contributed by atoms with Gasteiger partial charge in [0.05, 0.1) is 23.0 Å². The Morgan fingerprint density at radius 1 is 1.10 bits per heavy atom. The van der Waals surface area contributed by atoms with Crippen molar-refractivity contribution >= 4 is 22.3 Å². The Kier molecular flexibility index (Phi) is 5.03. The maximum Gasteiger partial charge on any atom is 0.259 e. The van der Waals surface area contributed by atoms with Gasteiger partial charge in [0, 0.05) is 29.8 Å². The Morgan fingerprint density at radius 3 is 2.59 bits per heavy atom. The molecule has 4 heterocycles. The van der Waals surface area contributed by atoms with Crippen molar-refractivity contribution in [2.45, 2.75) is 33.1 Å². The molecule has 1 atom stereocenters. The summed E-state index contributed by atoms with van der Waals surface area (Å²) in [6, 6.07) is 7.68. The van der Waals surface area contributed by atoms with Gasteiger partial charge in [-0.05, 0) is 48.9 Å². The van der Waals surface area contributed by atoms with Crippen molar-refractivity contribution in [3.63, 3.8) is 0 Å². The lowest BCUT2D eigenvalue weighted by Crippen LogP contribution is -2.09. The predicted octanol–water partition coefficient (Wildman–Crippen LogP) is 4.34. The third-order valence-electron chi connectivity index (χ3n) is 5.00. The van der Waals surface area contributed by atoms with Crippen LogP contribution in [0.2, 0.25) is 0 Å². The number of pyridine rings is 3. The first-order chi connectivity index (χ1) is 14.0. The van der Waals surface area contributed by atoms with E-state index >= 15 is 0 Å². The Balaban J connectivity index is 1.79. The fourth-order valence-electron chi connectivity index (χ4n) is 3.09. The number of aryl methyl sites for hydroxylation is 1. The second-order valence-corrected chi connectivity index (χ2v) is 7.05. The first-order valence-electron chi connectivity index (χ1n) is 9.59. The summed E-state index contributed by atoms with van der Waals surface area (Å²) < 4.78 is 0. The van der Waals surface area contributed by atoms with Gasteiger partial charge in [-0.15, -0.1) is 0 Å². The van der Waals surface area contributed by atoms with Crippen LogP contribution in [0.1, 0.15) is 37.7 Å². The number of hydrogen-bond donors (Lipinski definition) is 2. The smallest absolute Gasteiger partial charge is 0.259 e. The molecule has 146 valence electrons. The van der Waals surface area contributed by atoms with Crippen molar-refractivity contribution in [3.05, 3.63) is 70.9 Å². The van der Waals surface area contributed by atoms with Crippen molar-refractivity contribution in [1.29, 1.82) is 0 Å². The van der Waals surface area contributed by atoms with Crippen LogP contribution >= 0.6 is 0 Å². The molecule has 4 aromatic heterocycles. The summed E-state index contributed by atoms with van der Waals surface area (Å²) >= 11 is 0. The first-order valence-corrected chi connectivity index (χ1v) is 9.59. The molecule has 7 nitrogen and oxygen atoms in total. The van der Waals surface area contributed by atoms with E-state index in [4.69, 9.17) is 4.98 Å². The average molecular weight is 386 g/mol. The molecular weight excluding hydrogens is 364 g/mol. The fourth-order valence-corrected chi connectivity index (χ4v) is 3.09. The molecule has 0 bridgehead atoms. The number of anilines is 2. The topological polar surface area (TPSA) is 96.5 Å². The number of nitrogens with zero attached hydrogens (tertiary/aromatic N) is 4. The van der Waals surface area contributed by atoms with Crippen LogP contribution in [0.5, 0.6) is 0 Å². The highest BCUT2D eigenvalue weighted by molar-refractivity contribution is 5.95. The van der Waals surface area contributed by atoms with Crippen molar-refractivity contribution in [1.82, 2.24) is 24.9 Å². The molecule has 1 unspecified atom stereocenters. The molecule has 0 aromatic carbocycles. The molecule has 0 saturated heterocycles. The second-order valence-electron chi connectivity index (χ2n) is 7.05. The highest BCUT2D eigenvalue weighted by atomic mass is 16.1. The molecular formula is C22H22N6O. The molecule has 0 aliphatic rings. The highest BCUT2D eigenvalue weighted by Gasteiger charge is 2.12. The molecule has 7 heteroatoms. The Morgan fingerprint density at radius 2 is 1.90 bits per heavy atom. The minimum absolute atomic E-state index is 0.201. The van der Waals surface area contributed by atoms with Gasteiger partial charge in [-0.2, -0.15) is 0 Å². The number of rotatable bonds is 5. The molecule has 0 spiro atoms. The van der Waals surface area contributed by atoms with E-state index in [0.717, 1.165) is 28.8 Å². The number of H-pyrrole nitrogens is 1.